The zero-order chi connectivity index (χ0) is 35.6. The van der Waals surface area contributed by atoms with Gasteiger partial charge in [-0.05, 0) is 62.4 Å². The number of aromatic nitrogens is 3. The average Bonchev–Trinajstić information content (AvgIpc) is 3.54. The molecular weight excluding hydrogens is 659 g/mol. The number of nitrogens with zero attached hydrogens (tertiary/aromatic N) is 3. The highest BCUT2D eigenvalue weighted by Crippen LogP contribution is 2.63. The van der Waals surface area contributed by atoms with Crippen molar-refractivity contribution in [2.24, 2.45) is 0 Å². The molecule has 0 bridgehead atoms. The van der Waals surface area contributed by atoms with Gasteiger partial charge in [0, 0.05) is 22.3 Å². The van der Waals surface area contributed by atoms with Crippen LogP contribution in [0.4, 0.5) is 0 Å². The maximum atomic E-state index is 7.01. The Hall–Kier alpha value is -7.17. The van der Waals surface area contributed by atoms with E-state index < -0.39 is 5.41 Å². The van der Waals surface area contributed by atoms with Gasteiger partial charge in [-0.1, -0.05) is 170 Å². The van der Waals surface area contributed by atoms with Gasteiger partial charge in [-0.2, -0.15) is 0 Å². The molecule has 0 unspecified atom stereocenters. The fraction of sp³-hybridized carbons (Fsp3) is 0.0200. The van der Waals surface area contributed by atoms with E-state index in [1.165, 1.54) is 33.4 Å². The summed E-state index contributed by atoms with van der Waals surface area (Å²) in [7, 11) is 0. The molecule has 1 spiro atoms. The second kappa shape index (κ2) is 11.9. The molecule has 0 radical (unpaired) electrons. The summed E-state index contributed by atoms with van der Waals surface area (Å²) in [6.07, 6.45) is 0. The van der Waals surface area contributed by atoms with Crippen molar-refractivity contribution in [3.05, 3.63) is 210 Å². The predicted molar refractivity (Wildman–Crippen MR) is 216 cm³/mol. The smallest absolute Gasteiger partial charge is 0.167 e. The second-order valence-electron chi connectivity index (χ2n) is 13.9. The molecule has 1 aliphatic carbocycles. The number of hydrogen-bond acceptors (Lipinski definition) is 4. The molecule has 2 heterocycles. The monoisotopic (exact) mass is 689 g/mol. The summed E-state index contributed by atoms with van der Waals surface area (Å²) < 4.78 is 7.01. The lowest BCUT2D eigenvalue weighted by Crippen LogP contribution is -2.32. The Kier molecular flexibility index (Phi) is 6.73. The minimum absolute atomic E-state index is 0.556. The molecule has 8 aromatic carbocycles. The van der Waals surface area contributed by atoms with E-state index in [0.717, 1.165) is 50.1 Å². The Morgan fingerprint density at radius 2 is 0.796 bits per heavy atom. The van der Waals surface area contributed by atoms with E-state index in [9.17, 15) is 0 Å². The Bertz CT molecular complexity index is 2870. The van der Waals surface area contributed by atoms with Crippen molar-refractivity contribution in [1.82, 2.24) is 15.0 Å². The van der Waals surface area contributed by atoms with Crippen LogP contribution in [0.3, 0.4) is 0 Å². The van der Waals surface area contributed by atoms with Crippen LogP contribution in [0.1, 0.15) is 22.3 Å². The number of fused-ring (bicyclic) bond motifs is 10. The zero-order valence-corrected chi connectivity index (χ0v) is 29.1. The van der Waals surface area contributed by atoms with Crippen LogP contribution in [0.25, 0.3) is 67.2 Å². The molecule has 0 fully saturated rings. The number of rotatable bonds is 4. The maximum absolute atomic E-state index is 7.01. The van der Waals surface area contributed by atoms with Crippen molar-refractivity contribution in [3.63, 3.8) is 0 Å². The molecule has 54 heavy (non-hydrogen) atoms. The van der Waals surface area contributed by atoms with Crippen LogP contribution in [0.5, 0.6) is 11.5 Å². The largest absolute Gasteiger partial charge is 0.456 e. The second-order valence-corrected chi connectivity index (χ2v) is 13.9. The van der Waals surface area contributed by atoms with Gasteiger partial charge in [-0.3, -0.25) is 0 Å². The molecule has 0 amide bonds. The van der Waals surface area contributed by atoms with E-state index >= 15 is 0 Å². The van der Waals surface area contributed by atoms with Gasteiger partial charge >= 0.3 is 0 Å². The molecule has 11 rings (SSSR count). The molecule has 2 aliphatic rings. The molecule has 4 nitrogen and oxygen atoms in total. The molecule has 0 N–H and O–H groups in total. The van der Waals surface area contributed by atoms with Crippen molar-refractivity contribution in [2.75, 3.05) is 0 Å². The molecule has 252 valence electrons. The first-order valence-electron chi connectivity index (χ1n) is 18.3. The third kappa shape index (κ3) is 4.40. The fourth-order valence-corrected chi connectivity index (χ4v) is 8.75. The van der Waals surface area contributed by atoms with Crippen molar-refractivity contribution in [1.29, 1.82) is 0 Å². The summed E-state index contributed by atoms with van der Waals surface area (Å²) in [5.41, 5.74) is 11.6. The first kappa shape index (κ1) is 30.5. The first-order valence-corrected chi connectivity index (χ1v) is 18.3. The van der Waals surface area contributed by atoms with Gasteiger partial charge < -0.3 is 4.74 Å². The third-order valence-corrected chi connectivity index (χ3v) is 11.0. The van der Waals surface area contributed by atoms with Gasteiger partial charge in [-0.25, -0.2) is 15.0 Å². The number of benzene rings is 8. The Balaban J connectivity index is 1.18. The Morgan fingerprint density at radius 1 is 0.315 bits per heavy atom. The first-order chi connectivity index (χ1) is 26.8. The van der Waals surface area contributed by atoms with E-state index in [1.807, 2.05) is 42.5 Å². The van der Waals surface area contributed by atoms with Crippen LogP contribution in [0, 0.1) is 0 Å². The number of para-hydroxylation sites is 2. The van der Waals surface area contributed by atoms with Gasteiger partial charge in [0.25, 0.3) is 0 Å². The van der Waals surface area contributed by atoms with E-state index in [0.29, 0.717) is 17.5 Å². The topological polar surface area (TPSA) is 47.9 Å². The molecule has 0 saturated heterocycles. The zero-order valence-electron chi connectivity index (χ0n) is 29.1. The lowest BCUT2D eigenvalue weighted by Gasteiger charge is -2.39. The molecule has 0 saturated carbocycles. The van der Waals surface area contributed by atoms with Crippen molar-refractivity contribution >= 4 is 10.8 Å². The summed E-state index contributed by atoms with van der Waals surface area (Å²) in [5, 5.41) is 2.22. The fourth-order valence-electron chi connectivity index (χ4n) is 8.75. The SMILES string of the molecule is c1ccc(-c2nc(-c3cccc4c3Oc3ccccc3C43c4ccccc4-c4ccccc43)nc(-c3ccc(-c4ccccc4)c4ccccc34)n2)cc1. The van der Waals surface area contributed by atoms with E-state index in [4.69, 9.17) is 19.7 Å². The highest BCUT2D eigenvalue weighted by atomic mass is 16.5. The lowest BCUT2D eigenvalue weighted by atomic mass is 9.66. The molecule has 1 aromatic heterocycles. The van der Waals surface area contributed by atoms with Gasteiger partial charge in [0.15, 0.2) is 17.5 Å². The van der Waals surface area contributed by atoms with Crippen LogP contribution < -0.4 is 4.74 Å². The van der Waals surface area contributed by atoms with Crippen LogP contribution in [-0.4, -0.2) is 15.0 Å². The van der Waals surface area contributed by atoms with E-state index in [2.05, 4.69) is 146 Å². The minimum atomic E-state index is -0.588. The van der Waals surface area contributed by atoms with Crippen LogP contribution in [0.15, 0.2) is 188 Å². The van der Waals surface area contributed by atoms with E-state index in [-0.39, 0.29) is 0 Å². The van der Waals surface area contributed by atoms with Crippen molar-refractivity contribution in [3.8, 4) is 67.9 Å². The standard InChI is InChI=1S/C50H31N3O/c1-3-16-32(17-4-1)34-30-31-39(36-21-8-7-20-35(34)36)48-51-47(33-18-5-2-6-19-33)52-49(53-48)40-24-15-28-44-46(40)54-45-29-14-13-27-43(45)50(44)41-25-11-9-22-37(41)38-23-10-12-26-42(38)50/h1-31H. The molecule has 9 aromatic rings. The predicted octanol–water partition coefficient (Wildman–Crippen LogP) is 12.2. The molecular formula is C50H31N3O. The lowest BCUT2D eigenvalue weighted by molar-refractivity contribution is 0.437. The summed E-state index contributed by atoms with van der Waals surface area (Å²) in [6.45, 7) is 0. The summed E-state index contributed by atoms with van der Waals surface area (Å²) in [4.78, 5) is 15.7. The number of ether oxygens (including phenoxy) is 1. The summed E-state index contributed by atoms with van der Waals surface area (Å²) in [6, 6.07) is 65.9. The third-order valence-electron chi connectivity index (χ3n) is 11.0. The van der Waals surface area contributed by atoms with Gasteiger partial charge in [0.1, 0.15) is 11.5 Å². The van der Waals surface area contributed by atoms with Gasteiger partial charge in [0.2, 0.25) is 0 Å². The van der Waals surface area contributed by atoms with E-state index in [1.54, 1.807) is 0 Å². The maximum Gasteiger partial charge on any atom is 0.167 e. The molecule has 4 heteroatoms. The van der Waals surface area contributed by atoms with Gasteiger partial charge in [-0.15, -0.1) is 0 Å². The van der Waals surface area contributed by atoms with Crippen molar-refractivity contribution in [2.45, 2.75) is 5.41 Å². The Morgan fingerprint density at radius 3 is 1.50 bits per heavy atom. The quantitative estimate of drug-likeness (QED) is 0.185. The number of hydrogen-bond donors (Lipinski definition) is 0. The summed E-state index contributed by atoms with van der Waals surface area (Å²) >= 11 is 0. The highest BCUT2D eigenvalue weighted by Gasteiger charge is 2.51. The van der Waals surface area contributed by atoms with Crippen LogP contribution >= 0.6 is 0 Å². The van der Waals surface area contributed by atoms with Crippen molar-refractivity contribution < 1.29 is 4.74 Å². The minimum Gasteiger partial charge on any atom is -0.456 e. The van der Waals surface area contributed by atoms with Crippen LogP contribution in [0.2, 0.25) is 0 Å². The normalized spacial score (nSPS) is 13.1. The highest BCUT2D eigenvalue weighted by molar-refractivity contribution is 6.04. The van der Waals surface area contributed by atoms with Gasteiger partial charge in [0.05, 0.1) is 11.0 Å². The summed E-state index contributed by atoms with van der Waals surface area (Å²) in [5.74, 6) is 3.34. The molecule has 1 aliphatic heterocycles. The van der Waals surface area contributed by atoms with Crippen LogP contribution in [-0.2, 0) is 5.41 Å². The molecule has 0 atom stereocenters. The Labute approximate surface area is 313 Å². The average molecular weight is 690 g/mol.